The molecule has 9 nitrogen and oxygen atoms in total. The lowest BCUT2D eigenvalue weighted by atomic mass is 10.3. The second-order valence-electron chi connectivity index (χ2n) is 4.24. The first kappa shape index (κ1) is 18.8. The van der Waals surface area contributed by atoms with Gasteiger partial charge in [-0.05, 0) is 13.8 Å². The Balaban J connectivity index is 4.49. The lowest BCUT2D eigenvalue weighted by Crippen LogP contribution is -2.36. The number of carboxylic acids is 1. The number of aliphatic carboxylic acids is 1. The van der Waals surface area contributed by atoms with Crippen LogP contribution in [0.3, 0.4) is 0 Å². The maximum atomic E-state index is 11.5. The van der Waals surface area contributed by atoms with Crippen molar-refractivity contribution in [2.45, 2.75) is 37.7 Å². The molecule has 20 heavy (non-hydrogen) atoms. The van der Waals surface area contributed by atoms with Gasteiger partial charge in [0.15, 0.2) is 5.25 Å². The summed E-state index contributed by atoms with van der Waals surface area (Å²) in [4.78, 5) is 22.0. The summed E-state index contributed by atoms with van der Waals surface area (Å²) in [5.41, 5.74) is 0. The molecule has 0 saturated carbocycles. The Morgan fingerprint density at radius 1 is 1.20 bits per heavy atom. The van der Waals surface area contributed by atoms with Gasteiger partial charge in [0.05, 0.1) is 25.7 Å². The summed E-state index contributed by atoms with van der Waals surface area (Å²) in [6.45, 7) is 2.76. The Labute approximate surface area is 116 Å². The van der Waals surface area contributed by atoms with Crippen LogP contribution in [-0.4, -0.2) is 65.8 Å². The standard InChI is InChI=1S/C10H18O9S/c1-6(11)4-18-5-7(2)19-10(14)8(3-9(12)13)20(15,16)17/h6-8,11H,3-5H2,1-2H3,(H,12,13)(H,15,16,17). The SMILES string of the molecule is CC(O)COCC(C)OC(=O)C(CC(=O)O)S(=O)(=O)O. The van der Waals surface area contributed by atoms with E-state index in [1.54, 1.807) is 0 Å². The van der Waals surface area contributed by atoms with E-state index in [2.05, 4.69) is 4.74 Å². The fraction of sp³-hybridized carbons (Fsp3) is 0.800. The first-order valence-corrected chi connectivity index (χ1v) is 7.18. The van der Waals surface area contributed by atoms with Crippen molar-refractivity contribution in [3.63, 3.8) is 0 Å². The van der Waals surface area contributed by atoms with Crippen molar-refractivity contribution < 1.29 is 42.2 Å². The maximum absolute atomic E-state index is 11.5. The molecule has 0 aliphatic heterocycles. The summed E-state index contributed by atoms with van der Waals surface area (Å²) >= 11 is 0. The van der Waals surface area contributed by atoms with Crippen LogP contribution in [0.1, 0.15) is 20.3 Å². The molecule has 0 aromatic rings. The number of hydrogen-bond donors (Lipinski definition) is 3. The van der Waals surface area contributed by atoms with Gasteiger partial charge in [-0.15, -0.1) is 0 Å². The predicted octanol–water partition coefficient (Wildman–Crippen LogP) is -0.953. The van der Waals surface area contributed by atoms with Gasteiger partial charge >= 0.3 is 11.9 Å². The van der Waals surface area contributed by atoms with E-state index in [0.29, 0.717) is 0 Å². The van der Waals surface area contributed by atoms with Crippen LogP contribution in [0, 0.1) is 0 Å². The highest BCUT2D eigenvalue weighted by Gasteiger charge is 2.35. The largest absolute Gasteiger partial charge is 0.481 e. The lowest BCUT2D eigenvalue weighted by Gasteiger charge is -2.17. The van der Waals surface area contributed by atoms with Gasteiger partial charge < -0.3 is 19.7 Å². The van der Waals surface area contributed by atoms with Crippen LogP contribution in [0.5, 0.6) is 0 Å². The van der Waals surface area contributed by atoms with E-state index in [4.69, 9.17) is 19.5 Å². The minimum absolute atomic E-state index is 0.00125. The van der Waals surface area contributed by atoms with Gasteiger partial charge in [-0.25, -0.2) is 0 Å². The van der Waals surface area contributed by atoms with E-state index in [1.165, 1.54) is 13.8 Å². The molecule has 3 unspecified atom stereocenters. The molecule has 118 valence electrons. The fourth-order valence-corrected chi connectivity index (χ4v) is 1.83. The number of carbonyl (C=O) groups is 2. The van der Waals surface area contributed by atoms with Crippen LogP contribution >= 0.6 is 0 Å². The quantitative estimate of drug-likeness (QED) is 0.361. The number of aliphatic hydroxyl groups is 1. The molecule has 0 amide bonds. The van der Waals surface area contributed by atoms with Crippen molar-refractivity contribution in [3.8, 4) is 0 Å². The molecular weight excluding hydrogens is 296 g/mol. The number of rotatable bonds is 9. The van der Waals surface area contributed by atoms with Crippen molar-refractivity contribution in [3.05, 3.63) is 0 Å². The average Bonchev–Trinajstić information content (AvgIpc) is 2.23. The van der Waals surface area contributed by atoms with Crippen molar-refractivity contribution in [1.82, 2.24) is 0 Å². The summed E-state index contributed by atoms with van der Waals surface area (Å²) < 4.78 is 40.3. The number of hydrogen-bond acceptors (Lipinski definition) is 7. The van der Waals surface area contributed by atoms with Gasteiger partial charge in [0, 0.05) is 0 Å². The van der Waals surface area contributed by atoms with Gasteiger partial charge in [0.1, 0.15) is 6.10 Å². The van der Waals surface area contributed by atoms with Crippen molar-refractivity contribution in [1.29, 1.82) is 0 Å². The third-order valence-electron chi connectivity index (χ3n) is 2.01. The topological polar surface area (TPSA) is 147 Å². The van der Waals surface area contributed by atoms with Crippen LogP contribution in [-0.2, 0) is 29.2 Å². The molecule has 0 aliphatic carbocycles. The van der Waals surface area contributed by atoms with E-state index in [-0.39, 0.29) is 13.2 Å². The zero-order valence-electron chi connectivity index (χ0n) is 11.1. The number of carboxylic acid groups (broad SMARTS) is 1. The second kappa shape index (κ2) is 8.15. The normalized spacial score (nSPS) is 16.2. The second-order valence-corrected chi connectivity index (χ2v) is 5.83. The molecule has 0 radical (unpaired) electrons. The molecule has 10 heteroatoms. The summed E-state index contributed by atoms with van der Waals surface area (Å²) in [6.07, 6.45) is -2.67. The third-order valence-corrected chi connectivity index (χ3v) is 3.09. The molecule has 3 N–H and O–H groups in total. The van der Waals surface area contributed by atoms with E-state index in [9.17, 15) is 18.0 Å². The van der Waals surface area contributed by atoms with Crippen LogP contribution < -0.4 is 0 Å². The molecule has 0 heterocycles. The number of ether oxygens (including phenoxy) is 2. The van der Waals surface area contributed by atoms with Crippen LogP contribution in [0.25, 0.3) is 0 Å². The molecule has 0 saturated heterocycles. The number of esters is 1. The average molecular weight is 314 g/mol. The van der Waals surface area contributed by atoms with Gasteiger partial charge in [-0.3, -0.25) is 14.1 Å². The zero-order chi connectivity index (χ0) is 15.9. The molecule has 0 aliphatic rings. The lowest BCUT2D eigenvalue weighted by molar-refractivity contribution is -0.153. The molecule has 0 aromatic carbocycles. The van der Waals surface area contributed by atoms with E-state index in [0.717, 1.165) is 0 Å². The summed E-state index contributed by atoms with van der Waals surface area (Å²) in [5.74, 6) is -2.94. The molecule has 0 spiro atoms. The zero-order valence-corrected chi connectivity index (χ0v) is 11.9. The Morgan fingerprint density at radius 3 is 2.15 bits per heavy atom. The smallest absolute Gasteiger partial charge is 0.327 e. The molecule has 3 atom stereocenters. The monoisotopic (exact) mass is 314 g/mol. The summed E-state index contributed by atoms with van der Waals surface area (Å²) in [7, 11) is -4.87. The van der Waals surface area contributed by atoms with Gasteiger partial charge in [-0.1, -0.05) is 0 Å². The minimum atomic E-state index is -4.87. The minimum Gasteiger partial charge on any atom is -0.481 e. The van der Waals surface area contributed by atoms with Crippen molar-refractivity contribution in [2.24, 2.45) is 0 Å². The number of carbonyl (C=O) groups excluding carboxylic acids is 1. The first-order valence-electron chi connectivity index (χ1n) is 5.68. The molecular formula is C10H18O9S. The van der Waals surface area contributed by atoms with Crippen LogP contribution in [0.2, 0.25) is 0 Å². The first-order chi connectivity index (χ1) is 9.04. The summed E-state index contributed by atoms with van der Waals surface area (Å²) in [6, 6.07) is 0. The van der Waals surface area contributed by atoms with Gasteiger partial charge in [-0.2, -0.15) is 8.42 Å². The Bertz CT molecular complexity index is 428. The van der Waals surface area contributed by atoms with E-state index >= 15 is 0 Å². The highest BCUT2D eigenvalue weighted by molar-refractivity contribution is 7.87. The van der Waals surface area contributed by atoms with E-state index in [1.807, 2.05) is 0 Å². The van der Waals surface area contributed by atoms with Gasteiger partial charge in [0.2, 0.25) is 0 Å². The molecule has 0 aromatic heterocycles. The highest BCUT2D eigenvalue weighted by atomic mass is 32.2. The Hall–Kier alpha value is -1.23. The summed E-state index contributed by atoms with van der Waals surface area (Å²) in [5, 5.41) is 15.2. The Kier molecular flexibility index (Phi) is 7.64. The molecule has 0 rings (SSSR count). The van der Waals surface area contributed by atoms with Crippen LogP contribution in [0.4, 0.5) is 0 Å². The Morgan fingerprint density at radius 2 is 1.75 bits per heavy atom. The predicted molar refractivity (Wildman–Crippen MR) is 65.6 cm³/mol. The van der Waals surface area contributed by atoms with Crippen molar-refractivity contribution >= 4 is 22.1 Å². The van der Waals surface area contributed by atoms with Gasteiger partial charge in [0.25, 0.3) is 10.1 Å². The van der Waals surface area contributed by atoms with Crippen molar-refractivity contribution in [2.75, 3.05) is 13.2 Å². The van der Waals surface area contributed by atoms with Crippen LogP contribution in [0.15, 0.2) is 0 Å². The van der Waals surface area contributed by atoms with E-state index < -0.39 is 45.9 Å². The number of aliphatic hydroxyl groups excluding tert-OH is 1. The third kappa shape index (κ3) is 8.04. The molecule has 0 fully saturated rings. The molecule has 0 bridgehead atoms. The maximum Gasteiger partial charge on any atom is 0.327 e. The fourth-order valence-electron chi connectivity index (χ4n) is 1.18. The highest BCUT2D eigenvalue weighted by Crippen LogP contribution is 2.09.